The highest BCUT2D eigenvalue weighted by Gasteiger charge is 2.26. The minimum Gasteiger partial charge on any atom is -0.507 e. The number of phenols is 1. The first-order valence-electron chi connectivity index (χ1n) is 5.93. The van der Waals surface area contributed by atoms with Crippen LogP contribution in [-0.2, 0) is 10.8 Å². The Balaban J connectivity index is 3.59. The van der Waals surface area contributed by atoms with Gasteiger partial charge in [0.1, 0.15) is 5.75 Å². The second-order valence-corrected chi connectivity index (χ2v) is 6.59. The first-order chi connectivity index (χ1) is 7.57. The predicted molar refractivity (Wildman–Crippen MR) is 72.8 cm³/mol. The molecule has 1 N–H and O–H groups in total. The topological polar surface area (TPSA) is 42.5 Å². The van der Waals surface area contributed by atoms with Gasteiger partial charge in [-0.2, -0.15) is 5.41 Å². The summed E-state index contributed by atoms with van der Waals surface area (Å²) in [6.45, 7) is 12.3. The van der Waals surface area contributed by atoms with Crippen molar-refractivity contribution in [1.29, 1.82) is 0 Å². The lowest BCUT2D eigenvalue weighted by Crippen LogP contribution is -2.17. The van der Waals surface area contributed by atoms with E-state index in [0.717, 1.165) is 22.9 Å². The third-order valence-corrected chi connectivity index (χ3v) is 2.90. The Morgan fingerprint density at radius 2 is 1.29 bits per heavy atom. The van der Waals surface area contributed by atoms with E-state index < -0.39 is 0 Å². The minimum absolute atomic E-state index is 0.150. The SMILES string of the molecule is CC(C)(C)c1cc(C=[N])cc(C(C)(C)C)c1O. The standard InChI is InChI=1S/C15H22NO/c1-14(2,3)11-7-10(9-16)8-12(13(11)17)15(4,5)6/h7-9,17H,1-6H3. The molecule has 0 fully saturated rings. The minimum atomic E-state index is -0.150. The predicted octanol–water partition coefficient (Wildman–Crippen LogP) is 3.21. The molecular formula is C15H22NO. The molecule has 0 atom stereocenters. The highest BCUT2D eigenvalue weighted by molar-refractivity contribution is 5.79. The van der Waals surface area contributed by atoms with Crippen molar-refractivity contribution in [2.45, 2.75) is 52.4 Å². The summed E-state index contributed by atoms with van der Waals surface area (Å²) in [7, 11) is 0. The van der Waals surface area contributed by atoms with Gasteiger partial charge in [-0.25, -0.2) is 0 Å². The van der Waals surface area contributed by atoms with Gasteiger partial charge in [-0.1, -0.05) is 41.5 Å². The molecule has 0 aliphatic heterocycles. The summed E-state index contributed by atoms with van der Waals surface area (Å²) in [6.07, 6.45) is 1.09. The maximum Gasteiger partial charge on any atom is 0.123 e. The highest BCUT2D eigenvalue weighted by Crippen LogP contribution is 2.39. The Bertz CT molecular complexity index is 398. The molecule has 0 aliphatic carbocycles. The molecule has 0 unspecified atom stereocenters. The van der Waals surface area contributed by atoms with Crippen LogP contribution in [0.1, 0.15) is 58.2 Å². The van der Waals surface area contributed by atoms with Gasteiger partial charge in [0, 0.05) is 11.1 Å². The number of hydrogen-bond donors (Lipinski definition) is 1. The van der Waals surface area contributed by atoms with E-state index in [1.807, 2.05) is 12.1 Å². The van der Waals surface area contributed by atoms with Crippen molar-refractivity contribution in [2.75, 3.05) is 0 Å². The Morgan fingerprint density at radius 3 is 1.53 bits per heavy atom. The first kappa shape index (κ1) is 13.8. The number of hydrogen-bond acceptors (Lipinski definition) is 1. The van der Waals surface area contributed by atoms with Crippen LogP contribution in [0.4, 0.5) is 0 Å². The zero-order valence-corrected chi connectivity index (χ0v) is 11.6. The normalized spacial score (nSPS) is 12.6. The summed E-state index contributed by atoms with van der Waals surface area (Å²) in [4.78, 5) is 0. The molecule has 1 radical (unpaired) electrons. The summed E-state index contributed by atoms with van der Waals surface area (Å²) in [6, 6.07) is 3.68. The number of rotatable bonds is 1. The Morgan fingerprint density at radius 1 is 0.941 bits per heavy atom. The van der Waals surface area contributed by atoms with E-state index in [1.165, 1.54) is 0 Å². The van der Waals surface area contributed by atoms with E-state index in [9.17, 15) is 10.5 Å². The van der Waals surface area contributed by atoms with Crippen molar-refractivity contribution in [3.63, 3.8) is 0 Å². The van der Waals surface area contributed by atoms with Crippen LogP contribution < -0.4 is 5.41 Å². The zero-order chi connectivity index (χ0) is 13.4. The molecular weight excluding hydrogens is 210 g/mol. The van der Waals surface area contributed by atoms with Gasteiger partial charge in [-0.05, 0) is 28.5 Å². The lowest BCUT2D eigenvalue weighted by atomic mass is 9.78. The van der Waals surface area contributed by atoms with Crippen molar-refractivity contribution in [3.8, 4) is 5.75 Å². The van der Waals surface area contributed by atoms with Crippen molar-refractivity contribution in [3.05, 3.63) is 28.8 Å². The molecule has 1 aromatic rings. The van der Waals surface area contributed by atoms with Gasteiger partial charge in [-0.15, -0.1) is 0 Å². The average molecular weight is 232 g/mol. The maximum atomic E-state index is 10.4. The molecule has 17 heavy (non-hydrogen) atoms. The average Bonchev–Trinajstić information content (AvgIpc) is 2.14. The lowest BCUT2D eigenvalue weighted by molar-refractivity contribution is 0.423. The molecule has 1 aromatic carbocycles. The molecule has 1 rings (SSSR count). The zero-order valence-electron chi connectivity index (χ0n) is 11.6. The second kappa shape index (κ2) is 4.17. The van der Waals surface area contributed by atoms with Gasteiger partial charge >= 0.3 is 0 Å². The monoisotopic (exact) mass is 232 g/mol. The van der Waals surface area contributed by atoms with Crippen LogP contribution in [0.5, 0.6) is 5.75 Å². The molecule has 0 saturated carbocycles. The summed E-state index contributed by atoms with van der Waals surface area (Å²) in [5, 5.41) is 19.6. The van der Waals surface area contributed by atoms with Gasteiger partial charge in [0.05, 0.1) is 6.21 Å². The van der Waals surface area contributed by atoms with Crippen LogP contribution in [0.3, 0.4) is 0 Å². The van der Waals surface area contributed by atoms with Crippen molar-refractivity contribution in [2.24, 2.45) is 0 Å². The molecule has 2 nitrogen and oxygen atoms in total. The van der Waals surface area contributed by atoms with E-state index in [4.69, 9.17) is 0 Å². The van der Waals surface area contributed by atoms with Crippen LogP contribution in [0.25, 0.3) is 0 Å². The van der Waals surface area contributed by atoms with Gasteiger partial charge in [-0.3, -0.25) is 0 Å². The van der Waals surface area contributed by atoms with E-state index in [-0.39, 0.29) is 10.8 Å². The summed E-state index contributed by atoms with van der Waals surface area (Å²) < 4.78 is 0. The van der Waals surface area contributed by atoms with Crippen molar-refractivity contribution in [1.82, 2.24) is 5.41 Å². The van der Waals surface area contributed by atoms with Gasteiger partial charge in [0.25, 0.3) is 0 Å². The van der Waals surface area contributed by atoms with Gasteiger partial charge in [0.15, 0.2) is 0 Å². The summed E-state index contributed by atoms with van der Waals surface area (Å²) in [5.74, 6) is 0.343. The van der Waals surface area contributed by atoms with Gasteiger partial charge in [0.2, 0.25) is 0 Å². The van der Waals surface area contributed by atoms with Crippen LogP contribution >= 0.6 is 0 Å². The number of benzene rings is 1. The fraction of sp³-hybridized carbons (Fsp3) is 0.533. The molecule has 0 saturated heterocycles. The third-order valence-electron chi connectivity index (χ3n) is 2.90. The molecule has 93 valence electrons. The summed E-state index contributed by atoms with van der Waals surface area (Å²) >= 11 is 0. The fourth-order valence-corrected chi connectivity index (χ4v) is 1.87. The molecule has 0 heterocycles. The maximum absolute atomic E-state index is 10.4. The van der Waals surface area contributed by atoms with Crippen molar-refractivity contribution >= 4 is 6.21 Å². The number of aromatic hydroxyl groups is 1. The Kier molecular flexibility index (Phi) is 3.37. The van der Waals surface area contributed by atoms with E-state index >= 15 is 0 Å². The summed E-state index contributed by atoms with van der Waals surface area (Å²) in [5.41, 5.74) is 2.17. The smallest absolute Gasteiger partial charge is 0.123 e. The van der Waals surface area contributed by atoms with Crippen LogP contribution in [0, 0.1) is 0 Å². The largest absolute Gasteiger partial charge is 0.507 e. The Labute approximate surface area is 104 Å². The van der Waals surface area contributed by atoms with Crippen LogP contribution in [0.15, 0.2) is 12.1 Å². The van der Waals surface area contributed by atoms with Crippen LogP contribution in [0.2, 0.25) is 0 Å². The molecule has 0 aliphatic rings. The first-order valence-corrected chi connectivity index (χ1v) is 5.93. The lowest BCUT2D eigenvalue weighted by Gasteiger charge is -2.27. The Hall–Kier alpha value is -1.31. The van der Waals surface area contributed by atoms with E-state index in [2.05, 4.69) is 41.5 Å². The van der Waals surface area contributed by atoms with Crippen molar-refractivity contribution < 1.29 is 5.11 Å². The molecule has 0 spiro atoms. The fourth-order valence-electron chi connectivity index (χ4n) is 1.87. The highest BCUT2D eigenvalue weighted by atomic mass is 16.3. The van der Waals surface area contributed by atoms with Gasteiger partial charge < -0.3 is 5.11 Å². The number of phenolic OH excluding ortho intramolecular Hbond substituents is 1. The third kappa shape index (κ3) is 2.87. The molecule has 2 heteroatoms. The molecule has 0 amide bonds. The molecule has 0 aromatic heterocycles. The molecule has 0 bridgehead atoms. The number of nitrogens with zero attached hydrogens (tertiary/aromatic N) is 1. The van der Waals surface area contributed by atoms with E-state index in [0.29, 0.717) is 5.75 Å². The second-order valence-electron chi connectivity index (χ2n) is 6.59. The van der Waals surface area contributed by atoms with Crippen LogP contribution in [-0.4, -0.2) is 11.3 Å². The quantitative estimate of drug-likeness (QED) is 0.742. The van der Waals surface area contributed by atoms with E-state index in [1.54, 1.807) is 0 Å².